The lowest BCUT2D eigenvalue weighted by molar-refractivity contribution is -0.114. The van der Waals surface area contributed by atoms with Crippen LogP contribution >= 0.6 is 0 Å². The summed E-state index contributed by atoms with van der Waals surface area (Å²) in [5.74, 6) is -0.685. The third-order valence-corrected chi connectivity index (χ3v) is 4.74. The Morgan fingerprint density at radius 2 is 1.60 bits per heavy atom. The number of anilines is 1. The molecule has 2 aromatic carbocycles. The van der Waals surface area contributed by atoms with E-state index in [1.54, 1.807) is 24.3 Å². The summed E-state index contributed by atoms with van der Waals surface area (Å²) in [4.78, 5) is 22.4. The standard InChI is InChI=1S/C17H18N2O5S/c1-12(20)19-15-7-9-16(10-8-15)25(22,23)18-11-13-3-5-14(6-4-13)17(21)24-2/h3-10,18H,11H2,1-2H3,(H,19,20). The topological polar surface area (TPSA) is 102 Å². The lowest BCUT2D eigenvalue weighted by atomic mass is 10.1. The normalized spacial score (nSPS) is 11.0. The van der Waals surface area contributed by atoms with Gasteiger partial charge in [0, 0.05) is 19.2 Å². The van der Waals surface area contributed by atoms with Gasteiger partial charge >= 0.3 is 5.97 Å². The Bertz CT molecular complexity index is 859. The maximum absolute atomic E-state index is 12.3. The van der Waals surface area contributed by atoms with Gasteiger partial charge in [-0.05, 0) is 42.0 Å². The summed E-state index contributed by atoms with van der Waals surface area (Å²) in [5.41, 5.74) is 1.61. The molecule has 0 saturated heterocycles. The highest BCUT2D eigenvalue weighted by atomic mass is 32.2. The van der Waals surface area contributed by atoms with Gasteiger partial charge in [-0.3, -0.25) is 4.79 Å². The number of hydrogen-bond acceptors (Lipinski definition) is 5. The zero-order chi connectivity index (χ0) is 18.4. The highest BCUT2D eigenvalue weighted by Gasteiger charge is 2.14. The van der Waals surface area contributed by atoms with Crippen LogP contribution in [0.15, 0.2) is 53.4 Å². The van der Waals surface area contributed by atoms with Crippen molar-refractivity contribution in [3.8, 4) is 0 Å². The number of carbonyl (C=O) groups is 2. The summed E-state index contributed by atoms with van der Waals surface area (Å²) in [6.45, 7) is 1.45. The molecule has 0 aliphatic heterocycles. The third kappa shape index (κ3) is 5.13. The van der Waals surface area contributed by atoms with Gasteiger partial charge in [-0.25, -0.2) is 17.9 Å². The quantitative estimate of drug-likeness (QED) is 0.765. The average Bonchev–Trinajstić information content (AvgIpc) is 2.60. The van der Waals surface area contributed by atoms with E-state index < -0.39 is 16.0 Å². The minimum atomic E-state index is -3.69. The molecule has 0 unspecified atom stereocenters. The van der Waals surface area contributed by atoms with E-state index in [-0.39, 0.29) is 17.3 Å². The van der Waals surface area contributed by atoms with E-state index in [1.807, 2.05) is 0 Å². The first-order valence-electron chi connectivity index (χ1n) is 7.36. The lowest BCUT2D eigenvalue weighted by Gasteiger charge is -2.08. The van der Waals surface area contributed by atoms with E-state index >= 15 is 0 Å². The van der Waals surface area contributed by atoms with Crippen LogP contribution in [0.25, 0.3) is 0 Å². The van der Waals surface area contributed by atoms with Crippen LogP contribution in [-0.4, -0.2) is 27.4 Å². The molecule has 132 valence electrons. The van der Waals surface area contributed by atoms with Crippen LogP contribution in [0.4, 0.5) is 5.69 Å². The zero-order valence-corrected chi connectivity index (χ0v) is 14.6. The smallest absolute Gasteiger partial charge is 0.337 e. The first-order valence-corrected chi connectivity index (χ1v) is 8.85. The maximum Gasteiger partial charge on any atom is 0.337 e. The van der Waals surface area contributed by atoms with Gasteiger partial charge in [0.1, 0.15) is 0 Å². The van der Waals surface area contributed by atoms with Gasteiger partial charge in [0.25, 0.3) is 0 Å². The molecule has 25 heavy (non-hydrogen) atoms. The number of methoxy groups -OCH3 is 1. The Kier molecular flexibility index (Phi) is 5.89. The Hall–Kier alpha value is -2.71. The molecule has 0 saturated carbocycles. The van der Waals surface area contributed by atoms with Crippen molar-refractivity contribution in [2.45, 2.75) is 18.4 Å². The molecule has 0 aliphatic rings. The molecule has 0 aliphatic carbocycles. The zero-order valence-electron chi connectivity index (χ0n) is 13.8. The number of hydrogen-bond donors (Lipinski definition) is 2. The Balaban J connectivity index is 2.03. The number of ether oxygens (including phenoxy) is 1. The number of esters is 1. The number of sulfonamides is 1. The molecule has 2 rings (SSSR count). The van der Waals surface area contributed by atoms with Gasteiger partial charge in [-0.15, -0.1) is 0 Å². The van der Waals surface area contributed by atoms with Gasteiger partial charge in [0.2, 0.25) is 15.9 Å². The lowest BCUT2D eigenvalue weighted by Crippen LogP contribution is -2.23. The molecule has 0 fully saturated rings. The van der Waals surface area contributed by atoms with E-state index in [0.29, 0.717) is 16.8 Å². The van der Waals surface area contributed by atoms with E-state index in [4.69, 9.17) is 0 Å². The van der Waals surface area contributed by atoms with Gasteiger partial charge < -0.3 is 10.1 Å². The van der Waals surface area contributed by atoms with Crippen molar-refractivity contribution in [1.29, 1.82) is 0 Å². The minimum absolute atomic E-state index is 0.0806. The van der Waals surface area contributed by atoms with Crippen molar-refractivity contribution in [3.05, 3.63) is 59.7 Å². The number of nitrogens with one attached hydrogen (secondary N) is 2. The summed E-state index contributed by atoms with van der Waals surface area (Å²) in [5, 5.41) is 2.57. The molecular weight excluding hydrogens is 344 g/mol. The fourth-order valence-corrected chi connectivity index (χ4v) is 3.08. The maximum atomic E-state index is 12.3. The van der Waals surface area contributed by atoms with Gasteiger partial charge in [-0.2, -0.15) is 0 Å². The van der Waals surface area contributed by atoms with Crippen molar-refractivity contribution in [1.82, 2.24) is 4.72 Å². The molecule has 0 spiro atoms. The highest BCUT2D eigenvalue weighted by Crippen LogP contribution is 2.14. The summed E-state index contributed by atoms with van der Waals surface area (Å²) in [6, 6.07) is 12.3. The first kappa shape index (κ1) is 18.6. The molecule has 2 N–H and O–H groups in total. The summed E-state index contributed by atoms with van der Waals surface area (Å²) in [6.07, 6.45) is 0. The van der Waals surface area contributed by atoms with Crippen LogP contribution in [0.5, 0.6) is 0 Å². The fourth-order valence-electron chi connectivity index (χ4n) is 2.06. The summed E-state index contributed by atoms with van der Waals surface area (Å²) < 4.78 is 31.7. The van der Waals surface area contributed by atoms with Crippen molar-refractivity contribution in [3.63, 3.8) is 0 Å². The van der Waals surface area contributed by atoms with Crippen LogP contribution in [0.2, 0.25) is 0 Å². The van der Waals surface area contributed by atoms with E-state index in [0.717, 1.165) is 0 Å². The van der Waals surface area contributed by atoms with Crippen LogP contribution in [0.3, 0.4) is 0 Å². The van der Waals surface area contributed by atoms with Crippen LogP contribution in [-0.2, 0) is 26.1 Å². The predicted octanol–water partition coefficient (Wildman–Crippen LogP) is 1.91. The van der Waals surface area contributed by atoms with Gasteiger partial charge in [-0.1, -0.05) is 12.1 Å². The second kappa shape index (κ2) is 7.91. The Labute approximate surface area is 146 Å². The van der Waals surface area contributed by atoms with Gasteiger partial charge in [0.05, 0.1) is 17.6 Å². The van der Waals surface area contributed by atoms with Gasteiger partial charge in [0.15, 0.2) is 0 Å². The minimum Gasteiger partial charge on any atom is -0.465 e. The largest absolute Gasteiger partial charge is 0.465 e. The predicted molar refractivity (Wildman–Crippen MR) is 92.6 cm³/mol. The summed E-state index contributed by atoms with van der Waals surface area (Å²) in [7, 11) is -2.40. The highest BCUT2D eigenvalue weighted by molar-refractivity contribution is 7.89. The molecule has 7 nitrogen and oxygen atoms in total. The molecule has 0 bridgehead atoms. The SMILES string of the molecule is COC(=O)c1ccc(CNS(=O)(=O)c2ccc(NC(C)=O)cc2)cc1. The second-order valence-corrected chi connectivity index (χ2v) is 6.99. The molecule has 0 radical (unpaired) electrons. The second-order valence-electron chi connectivity index (χ2n) is 5.22. The molecule has 0 atom stereocenters. The average molecular weight is 362 g/mol. The Morgan fingerprint density at radius 3 is 2.12 bits per heavy atom. The van der Waals surface area contributed by atoms with Crippen LogP contribution in [0.1, 0.15) is 22.8 Å². The van der Waals surface area contributed by atoms with Crippen molar-refractivity contribution < 1.29 is 22.7 Å². The third-order valence-electron chi connectivity index (χ3n) is 3.33. The molecule has 1 amide bonds. The van der Waals surface area contributed by atoms with Crippen LogP contribution in [0, 0.1) is 0 Å². The number of benzene rings is 2. The number of rotatable bonds is 6. The molecular formula is C17H18N2O5S. The molecule has 0 heterocycles. The van der Waals surface area contributed by atoms with Crippen molar-refractivity contribution in [2.75, 3.05) is 12.4 Å². The molecule has 2 aromatic rings. The number of carbonyl (C=O) groups excluding carboxylic acids is 2. The monoisotopic (exact) mass is 362 g/mol. The van der Waals surface area contributed by atoms with E-state index in [1.165, 1.54) is 38.3 Å². The van der Waals surface area contributed by atoms with Crippen LogP contribution < -0.4 is 10.0 Å². The number of amides is 1. The Morgan fingerprint density at radius 1 is 1.00 bits per heavy atom. The van der Waals surface area contributed by atoms with Crippen molar-refractivity contribution in [2.24, 2.45) is 0 Å². The van der Waals surface area contributed by atoms with E-state index in [9.17, 15) is 18.0 Å². The molecule has 8 heteroatoms. The fraction of sp³-hybridized carbons (Fsp3) is 0.176. The van der Waals surface area contributed by atoms with Crippen molar-refractivity contribution >= 4 is 27.6 Å². The first-order chi connectivity index (χ1) is 11.8. The van der Waals surface area contributed by atoms with E-state index in [2.05, 4.69) is 14.8 Å². The summed E-state index contributed by atoms with van der Waals surface area (Å²) >= 11 is 0. The molecule has 0 aromatic heterocycles.